The first-order chi connectivity index (χ1) is 12.6. The maximum absolute atomic E-state index is 11.5. The summed E-state index contributed by atoms with van der Waals surface area (Å²) in [5.41, 5.74) is 0.828. The minimum Gasteiger partial charge on any atom is -0.488 e. The molecule has 1 N–H and O–H groups in total. The Morgan fingerprint density at radius 3 is 2.27 bits per heavy atom. The van der Waals surface area contributed by atoms with Gasteiger partial charge in [0.1, 0.15) is 17.9 Å². The lowest BCUT2D eigenvalue weighted by Gasteiger charge is -2.12. The van der Waals surface area contributed by atoms with Gasteiger partial charge >= 0.3 is 5.97 Å². The maximum atomic E-state index is 11.5. The summed E-state index contributed by atoms with van der Waals surface area (Å²) in [6, 6.07) is 20.6. The van der Waals surface area contributed by atoms with Crippen molar-refractivity contribution in [1.29, 1.82) is 0 Å². The van der Waals surface area contributed by atoms with Crippen molar-refractivity contribution in [1.82, 2.24) is 0 Å². The number of nitro benzene ring substituents is 1. The molecule has 3 rings (SSSR count). The number of hydrogen-bond acceptors (Lipinski definition) is 4. The van der Waals surface area contributed by atoms with Crippen LogP contribution in [0.1, 0.15) is 15.9 Å². The van der Waals surface area contributed by atoms with Gasteiger partial charge in [0, 0.05) is 5.56 Å². The highest BCUT2D eigenvalue weighted by molar-refractivity contribution is 5.97. The van der Waals surface area contributed by atoms with Gasteiger partial charge in [-0.2, -0.15) is 0 Å². The van der Waals surface area contributed by atoms with Crippen LogP contribution in [0.25, 0.3) is 11.1 Å². The van der Waals surface area contributed by atoms with Crippen LogP contribution in [0, 0.1) is 10.1 Å². The molecular formula is C20H15NO5. The maximum Gasteiger partial charge on any atom is 0.342 e. The molecule has 0 amide bonds. The van der Waals surface area contributed by atoms with Crippen LogP contribution >= 0.6 is 0 Å². The molecule has 0 radical (unpaired) electrons. The monoisotopic (exact) mass is 349 g/mol. The number of carboxylic acids is 1. The molecule has 0 aliphatic carbocycles. The molecule has 0 saturated heterocycles. The van der Waals surface area contributed by atoms with E-state index in [-0.39, 0.29) is 11.1 Å². The van der Waals surface area contributed by atoms with E-state index in [2.05, 4.69) is 0 Å². The molecule has 3 aromatic carbocycles. The number of nitro groups is 1. The highest BCUT2D eigenvalue weighted by atomic mass is 16.6. The largest absolute Gasteiger partial charge is 0.488 e. The van der Waals surface area contributed by atoms with Crippen LogP contribution in [0.2, 0.25) is 0 Å². The molecule has 0 fully saturated rings. The van der Waals surface area contributed by atoms with Crippen LogP contribution in [0.3, 0.4) is 0 Å². The molecule has 130 valence electrons. The fourth-order valence-corrected chi connectivity index (χ4v) is 2.68. The van der Waals surface area contributed by atoms with Gasteiger partial charge in [0.25, 0.3) is 5.69 Å². The lowest BCUT2D eigenvalue weighted by molar-refractivity contribution is -0.384. The van der Waals surface area contributed by atoms with E-state index in [9.17, 15) is 20.0 Å². The molecular weight excluding hydrogens is 334 g/mol. The second-order valence-corrected chi connectivity index (χ2v) is 5.53. The molecule has 0 unspecified atom stereocenters. The number of carboxylic acid groups (broad SMARTS) is 1. The van der Waals surface area contributed by atoms with Crippen LogP contribution < -0.4 is 4.74 Å². The summed E-state index contributed by atoms with van der Waals surface area (Å²) in [6.07, 6.45) is 0. The summed E-state index contributed by atoms with van der Waals surface area (Å²) < 4.78 is 5.84. The molecule has 0 aliphatic heterocycles. The summed E-state index contributed by atoms with van der Waals surface area (Å²) in [6.45, 7) is 0.296. The standard InChI is InChI=1S/C20H15NO5/c22-20(23)17-11-6-10-16(19(17)21(24)25)15-9-4-5-12-18(15)26-13-14-7-2-1-3-8-14/h1-12H,13H2,(H,22,23). The van der Waals surface area contributed by atoms with Gasteiger partial charge in [-0.15, -0.1) is 0 Å². The first kappa shape index (κ1) is 17.2. The Hall–Kier alpha value is -3.67. The number of aromatic carboxylic acids is 1. The van der Waals surface area contributed by atoms with E-state index in [0.29, 0.717) is 17.9 Å². The fraction of sp³-hybridized carbons (Fsp3) is 0.0500. The van der Waals surface area contributed by atoms with Crippen molar-refractivity contribution in [3.05, 3.63) is 94.0 Å². The SMILES string of the molecule is O=C(O)c1cccc(-c2ccccc2OCc2ccccc2)c1[N+](=O)[O-]. The summed E-state index contributed by atoms with van der Waals surface area (Å²) in [4.78, 5) is 22.2. The third-order valence-corrected chi connectivity index (χ3v) is 3.86. The first-order valence-electron chi connectivity index (χ1n) is 7.84. The number of nitrogens with zero attached hydrogens (tertiary/aromatic N) is 1. The number of hydrogen-bond donors (Lipinski definition) is 1. The Labute approximate surface area is 149 Å². The van der Waals surface area contributed by atoms with E-state index in [1.807, 2.05) is 30.3 Å². The molecule has 0 bridgehead atoms. The van der Waals surface area contributed by atoms with Crippen molar-refractivity contribution in [3.63, 3.8) is 0 Å². The summed E-state index contributed by atoms with van der Waals surface area (Å²) in [7, 11) is 0. The van der Waals surface area contributed by atoms with E-state index < -0.39 is 16.6 Å². The van der Waals surface area contributed by atoms with Crippen LogP contribution in [-0.2, 0) is 6.61 Å². The molecule has 6 heteroatoms. The van der Waals surface area contributed by atoms with E-state index in [0.717, 1.165) is 5.56 Å². The van der Waals surface area contributed by atoms with E-state index in [1.54, 1.807) is 24.3 Å². The molecule has 0 heterocycles. The predicted octanol–water partition coefficient (Wildman–Crippen LogP) is 4.54. The zero-order chi connectivity index (χ0) is 18.5. The quantitative estimate of drug-likeness (QED) is 0.521. The minimum absolute atomic E-state index is 0.207. The lowest BCUT2D eigenvalue weighted by Crippen LogP contribution is -2.05. The van der Waals surface area contributed by atoms with Gasteiger partial charge in [-0.25, -0.2) is 4.79 Å². The van der Waals surface area contributed by atoms with Crippen molar-refractivity contribution in [2.75, 3.05) is 0 Å². The number of rotatable bonds is 6. The minimum atomic E-state index is -1.35. The number of carbonyl (C=O) groups is 1. The van der Waals surface area contributed by atoms with Gasteiger partial charge in [-0.3, -0.25) is 10.1 Å². The van der Waals surface area contributed by atoms with Crippen LogP contribution in [0.5, 0.6) is 5.75 Å². The zero-order valence-electron chi connectivity index (χ0n) is 13.7. The van der Waals surface area contributed by atoms with Crippen LogP contribution in [0.4, 0.5) is 5.69 Å². The van der Waals surface area contributed by atoms with Crippen LogP contribution in [-0.4, -0.2) is 16.0 Å². The average Bonchev–Trinajstić information content (AvgIpc) is 2.66. The second-order valence-electron chi connectivity index (χ2n) is 5.53. The van der Waals surface area contributed by atoms with Gasteiger partial charge in [-0.1, -0.05) is 54.6 Å². The van der Waals surface area contributed by atoms with Crippen molar-refractivity contribution >= 4 is 11.7 Å². The lowest BCUT2D eigenvalue weighted by atomic mass is 9.99. The third-order valence-electron chi connectivity index (χ3n) is 3.86. The summed E-state index contributed by atoms with van der Waals surface area (Å²) in [5, 5.41) is 20.8. The van der Waals surface area contributed by atoms with Crippen LogP contribution in [0.15, 0.2) is 72.8 Å². The van der Waals surface area contributed by atoms with E-state index >= 15 is 0 Å². The molecule has 0 aromatic heterocycles. The van der Waals surface area contributed by atoms with Gasteiger partial charge in [0.05, 0.1) is 10.5 Å². The number of para-hydroxylation sites is 2. The molecule has 26 heavy (non-hydrogen) atoms. The summed E-state index contributed by atoms with van der Waals surface area (Å²) >= 11 is 0. The van der Waals surface area contributed by atoms with Gasteiger partial charge < -0.3 is 9.84 Å². The van der Waals surface area contributed by atoms with Gasteiger partial charge in [0.2, 0.25) is 0 Å². The number of benzene rings is 3. The first-order valence-corrected chi connectivity index (χ1v) is 7.84. The van der Waals surface area contributed by atoms with Crippen molar-refractivity contribution in [2.24, 2.45) is 0 Å². The van der Waals surface area contributed by atoms with E-state index in [4.69, 9.17) is 4.74 Å². The third kappa shape index (κ3) is 3.54. The highest BCUT2D eigenvalue weighted by Crippen LogP contribution is 2.38. The predicted molar refractivity (Wildman–Crippen MR) is 96.3 cm³/mol. The normalized spacial score (nSPS) is 10.3. The average molecular weight is 349 g/mol. The molecule has 0 saturated carbocycles. The Bertz CT molecular complexity index is 953. The van der Waals surface area contributed by atoms with Gasteiger partial charge in [-0.05, 0) is 23.8 Å². The topological polar surface area (TPSA) is 89.7 Å². The Kier molecular flexibility index (Phi) is 4.94. The fourth-order valence-electron chi connectivity index (χ4n) is 2.68. The van der Waals surface area contributed by atoms with Crippen molar-refractivity contribution in [2.45, 2.75) is 6.61 Å². The molecule has 0 atom stereocenters. The summed E-state index contributed by atoms with van der Waals surface area (Å²) in [5.74, 6) is -0.900. The van der Waals surface area contributed by atoms with Crippen molar-refractivity contribution in [3.8, 4) is 16.9 Å². The molecule has 3 aromatic rings. The van der Waals surface area contributed by atoms with E-state index in [1.165, 1.54) is 18.2 Å². The molecule has 6 nitrogen and oxygen atoms in total. The van der Waals surface area contributed by atoms with Crippen molar-refractivity contribution < 1.29 is 19.6 Å². The molecule has 0 spiro atoms. The Morgan fingerprint density at radius 2 is 1.58 bits per heavy atom. The Balaban J connectivity index is 2.04. The Morgan fingerprint density at radius 1 is 0.923 bits per heavy atom. The zero-order valence-corrected chi connectivity index (χ0v) is 13.7. The van der Waals surface area contributed by atoms with Gasteiger partial charge in [0.15, 0.2) is 0 Å². The second kappa shape index (κ2) is 7.48. The highest BCUT2D eigenvalue weighted by Gasteiger charge is 2.26. The molecule has 0 aliphatic rings. The number of ether oxygens (including phenoxy) is 1. The smallest absolute Gasteiger partial charge is 0.342 e.